The Balaban J connectivity index is 2.50. The molecule has 0 aliphatic heterocycles. The van der Waals surface area contributed by atoms with Crippen LogP contribution in [0.1, 0.15) is 25.3 Å². The highest BCUT2D eigenvalue weighted by molar-refractivity contribution is 5.78. The number of carbonyl (C=O) groups is 2. The highest BCUT2D eigenvalue weighted by Gasteiger charge is 2.15. The normalized spacial score (nSPS) is 11.7. The summed E-state index contributed by atoms with van der Waals surface area (Å²) in [5, 5.41) is 11.9. The summed E-state index contributed by atoms with van der Waals surface area (Å²) in [4.78, 5) is 37.4. The molecule has 1 atom stereocenters. The number of ether oxygens (including phenoxy) is 3. The smallest absolute Gasteiger partial charge is 0.328 e. The Hall–Kier alpha value is -3.14. The first-order chi connectivity index (χ1) is 13.4. The van der Waals surface area contributed by atoms with Gasteiger partial charge in [-0.25, -0.2) is 4.79 Å². The van der Waals surface area contributed by atoms with E-state index in [1.54, 1.807) is 44.3 Å². The lowest BCUT2D eigenvalue weighted by atomic mass is 10.2. The van der Waals surface area contributed by atoms with Crippen molar-refractivity contribution in [3.63, 3.8) is 0 Å². The molecule has 10 heteroatoms. The molecule has 154 valence electrons. The Morgan fingerprint density at radius 2 is 2.07 bits per heavy atom. The van der Waals surface area contributed by atoms with Gasteiger partial charge in [-0.2, -0.15) is 0 Å². The summed E-state index contributed by atoms with van der Waals surface area (Å²) >= 11 is 0. The largest absolute Gasteiger partial charge is 0.493 e. The fourth-order valence-corrected chi connectivity index (χ4v) is 1.94. The van der Waals surface area contributed by atoms with Crippen LogP contribution in [0, 0.1) is 10.1 Å². The van der Waals surface area contributed by atoms with Crippen LogP contribution in [0.5, 0.6) is 11.5 Å². The van der Waals surface area contributed by atoms with Crippen LogP contribution in [0.3, 0.4) is 0 Å². The highest BCUT2D eigenvalue weighted by Crippen LogP contribution is 2.28. The van der Waals surface area contributed by atoms with E-state index >= 15 is 0 Å². The molecule has 0 aliphatic carbocycles. The third kappa shape index (κ3) is 8.49. The van der Waals surface area contributed by atoms with Crippen LogP contribution in [0.15, 0.2) is 24.3 Å². The first-order valence-electron chi connectivity index (χ1n) is 8.53. The highest BCUT2D eigenvalue weighted by atomic mass is 16.9. The second-order valence-electron chi connectivity index (χ2n) is 5.59. The molecule has 1 aromatic rings. The van der Waals surface area contributed by atoms with Crippen LogP contribution in [-0.4, -0.2) is 50.4 Å². The quantitative estimate of drug-likeness (QED) is 0.185. The Labute approximate surface area is 162 Å². The SMILES string of the molecule is CNC(C)C(=O)Oc1ccc(/C=C/COC(=O)CCCO[N+](=O)[O-])cc1OC. The molecule has 0 fully saturated rings. The predicted octanol–water partition coefficient (Wildman–Crippen LogP) is 1.75. The van der Waals surface area contributed by atoms with E-state index < -0.39 is 23.1 Å². The Morgan fingerprint density at radius 3 is 2.71 bits per heavy atom. The molecule has 1 aromatic carbocycles. The first kappa shape index (κ1) is 22.9. The molecule has 1 unspecified atom stereocenters. The lowest BCUT2D eigenvalue weighted by Gasteiger charge is -2.13. The van der Waals surface area contributed by atoms with E-state index in [-0.39, 0.29) is 26.1 Å². The standard InChI is InChI=1S/C18H24N2O8/c1-13(19-2)18(22)28-15-9-8-14(12-16(15)25-3)6-4-10-26-17(21)7-5-11-27-20(23)24/h4,6,8-9,12-13,19H,5,7,10-11H2,1-3H3/b6-4+. The van der Waals surface area contributed by atoms with Crippen LogP contribution >= 0.6 is 0 Å². The lowest BCUT2D eigenvalue weighted by Crippen LogP contribution is -2.34. The zero-order chi connectivity index (χ0) is 20.9. The van der Waals surface area contributed by atoms with Gasteiger partial charge in [0.2, 0.25) is 0 Å². The minimum Gasteiger partial charge on any atom is -0.493 e. The summed E-state index contributed by atoms with van der Waals surface area (Å²) in [6.07, 6.45) is 3.58. The van der Waals surface area contributed by atoms with E-state index in [1.807, 2.05) is 0 Å². The molecule has 28 heavy (non-hydrogen) atoms. The monoisotopic (exact) mass is 396 g/mol. The number of esters is 2. The van der Waals surface area contributed by atoms with E-state index in [9.17, 15) is 19.7 Å². The molecule has 0 saturated carbocycles. The first-order valence-corrected chi connectivity index (χ1v) is 8.53. The molecule has 0 bridgehead atoms. The van der Waals surface area contributed by atoms with Crippen molar-refractivity contribution in [1.82, 2.24) is 5.32 Å². The number of hydrogen-bond acceptors (Lipinski definition) is 9. The number of likely N-dealkylation sites (N-methyl/N-ethyl adjacent to an activating group) is 1. The number of hydrogen-bond donors (Lipinski definition) is 1. The van der Waals surface area contributed by atoms with Gasteiger partial charge in [-0.15, -0.1) is 10.1 Å². The van der Waals surface area contributed by atoms with Crippen LogP contribution < -0.4 is 14.8 Å². The summed E-state index contributed by atoms with van der Waals surface area (Å²) in [5.41, 5.74) is 0.758. The van der Waals surface area contributed by atoms with Gasteiger partial charge in [0.1, 0.15) is 12.6 Å². The number of benzene rings is 1. The van der Waals surface area contributed by atoms with Crippen molar-refractivity contribution < 1.29 is 33.7 Å². The number of rotatable bonds is 12. The van der Waals surface area contributed by atoms with Crippen molar-refractivity contribution >= 4 is 18.0 Å². The predicted molar refractivity (Wildman–Crippen MR) is 99.3 cm³/mol. The van der Waals surface area contributed by atoms with Crippen LogP contribution in [0.4, 0.5) is 0 Å². The molecule has 0 amide bonds. The van der Waals surface area contributed by atoms with Crippen molar-refractivity contribution in [2.75, 3.05) is 27.4 Å². The van der Waals surface area contributed by atoms with Crippen LogP contribution in [-0.2, 0) is 19.2 Å². The maximum atomic E-state index is 11.9. The average Bonchev–Trinajstić information content (AvgIpc) is 2.68. The van der Waals surface area contributed by atoms with Gasteiger partial charge >= 0.3 is 11.9 Å². The summed E-state index contributed by atoms with van der Waals surface area (Å²) in [5.74, 6) is -0.216. The van der Waals surface area contributed by atoms with Crippen LogP contribution in [0.2, 0.25) is 0 Å². The van der Waals surface area contributed by atoms with E-state index in [0.29, 0.717) is 11.5 Å². The molecule has 0 saturated heterocycles. The van der Waals surface area contributed by atoms with Gasteiger partial charge < -0.3 is 24.4 Å². The van der Waals surface area contributed by atoms with E-state index in [1.165, 1.54) is 7.11 Å². The second kappa shape index (κ2) is 12.3. The second-order valence-corrected chi connectivity index (χ2v) is 5.59. The Bertz CT molecular complexity index is 705. The molecule has 10 nitrogen and oxygen atoms in total. The van der Waals surface area contributed by atoms with Gasteiger partial charge in [-0.3, -0.25) is 4.79 Å². The van der Waals surface area contributed by atoms with Crippen LogP contribution in [0.25, 0.3) is 6.08 Å². The average molecular weight is 396 g/mol. The molecule has 0 spiro atoms. The molecular formula is C18H24N2O8. The molecule has 0 radical (unpaired) electrons. The number of nitrogens with zero attached hydrogens (tertiary/aromatic N) is 1. The maximum Gasteiger partial charge on any atom is 0.328 e. The van der Waals surface area contributed by atoms with E-state index in [0.717, 1.165) is 5.56 Å². The summed E-state index contributed by atoms with van der Waals surface area (Å²) in [6.45, 7) is 1.58. The minimum absolute atomic E-state index is 0.0284. The number of methoxy groups -OCH3 is 1. The summed E-state index contributed by atoms with van der Waals surface area (Å²) in [6, 6.07) is 4.56. The van der Waals surface area contributed by atoms with Gasteiger partial charge in [0.15, 0.2) is 11.5 Å². The van der Waals surface area contributed by atoms with E-state index in [4.69, 9.17) is 14.2 Å². The maximum absolute atomic E-state index is 11.9. The molecule has 1 rings (SSSR count). The number of carbonyl (C=O) groups excluding carboxylic acids is 2. The Morgan fingerprint density at radius 1 is 1.32 bits per heavy atom. The van der Waals surface area contributed by atoms with Crippen molar-refractivity contribution in [1.29, 1.82) is 0 Å². The zero-order valence-corrected chi connectivity index (χ0v) is 16.0. The number of nitrogens with one attached hydrogen (secondary N) is 1. The molecular weight excluding hydrogens is 372 g/mol. The van der Waals surface area contributed by atoms with Crippen molar-refractivity contribution in [3.05, 3.63) is 40.0 Å². The van der Waals surface area contributed by atoms with Gasteiger partial charge in [0, 0.05) is 6.42 Å². The third-order valence-electron chi connectivity index (χ3n) is 3.56. The topological polar surface area (TPSA) is 126 Å². The summed E-state index contributed by atoms with van der Waals surface area (Å²) in [7, 11) is 3.12. The fraction of sp³-hybridized carbons (Fsp3) is 0.444. The fourth-order valence-electron chi connectivity index (χ4n) is 1.94. The van der Waals surface area contributed by atoms with E-state index in [2.05, 4.69) is 10.2 Å². The Kier molecular flexibility index (Phi) is 10.0. The lowest BCUT2D eigenvalue weighted by molar-refractivity contribution is -0.757. The molecule has 1 N–H and O–H groups in total. The zero-order valence-electron chi connectivity index (χ0n) is 16.0. The molecule has 0 aliphatic rings. The third-order valence-corrected chi connectivity index (χ3v) is 3.56. The van der Waals surface area contributed by atoms with Gasteiger partial charge in [-0.05, 0) is 44.2 Å². The van der Waals surface area contributed by atoms with Crippen molar-refractivity contribution in [2.24, 2.45) is 0 Å². The molecule has 0 aromatic heterocycles. The van der Waals surface area contributed by atoms with Gasteiger partial charge in [-0.1, -0.05) is 12.1 Å². The molecule has 0 heterocycles. The van der Waals surface area contributed by atoms with Gasteiger partial charge in [0.25, 0.3) is 5.09 Å². The van der Waals surface area contributed by atoms with Crippen molar-refractivity contribution in [3.8, 4) is 11.5 Å². The minimum atomic E-state index is -0.907. The van der Waals surface area contributed by atoms with Gasteiger partial charge in [0.05, 0.1) is 13.7 Å². The summed E-state index contributed by atoms with van der Waals surface area (Å²) < 4.78 is 15.5. The van der Waals surface area contributed by atoms with Crippen molar-refractivity contribution in [2.45, 2.75) is 25.8 Å².